The molecule has 4 rings (SSSR count). The average molecular weight is 437 g/mol. The first-order valence-electron chi connectivity index (χ1n) is 9.32. The van der Waals surface area contributed by atoms with E-state index in [1.165, 1.54) is 11.3 Å². The van der Waals surface area contributed by atoms with E-state index in [2.05, 4.69) is 15.3 Å². The molecule has 0 fully saturated rings. The minimum absolute atomic E-state index is 0.225. The molecule has 9 heteroatoms. The SMILES string of the molecule is CC(N)c1sc(-c2cccnc2)nc1-c1ccc(NC(=O)c2ccc(F)cc2F)nc1. The molecule has 0 saturated heterocycles. The van der Waals surface area contributed by atoms with E-state index >= 15 is 0 Å². The number of carbonyl (C=O) groups excluding carboxylic acids is 1. The summed E-state index contributed by atoms with van der Waals surface area (Å²) < 4.78 is 26.8. The van der Waals surface area contributed by atoms with Gasteiger partial charge in [-0.2, -0.15) is 0 Å². The van der Waals surface area contributed by atoms with Crippen LogP contribution in [0.1, 0.15) is 28.2 Å². The number of rotatable bonds is 5. The molecule has 0 spiro atoms. The number of nitrogens with two attached hydrogens (primary N) is 1. The van der Waals surface area contributed by atoms with Crippen LogP contribution in [0.25, 0.3) is 21.8 Å². The molecular weight excluding hydrogens is 420 g/mol. The zero-order valence-corrected chi connectivity index (χ0v) is 17.2. The van der Waals surface area contributed by atoms with Gasteiger partial charge < -0.3 is 11.1 Å². The standard InChI is InChI=1S/C22H17F2N5OS/c1-12(25)20-19(29-22(31-20)14-3-2-8-26-10-14)13-4-7-18(27-11-13)28-21(30)16-6-5-15(23)9-17(16)24/h2-12H,25H2,1H3,(H,27,28,30). The predicted octanol–water partition coefficient (Wildman–Crippen LogP) is 4.82. The van der Waals surface area contributed by atoms with Crippen molar-refractivity contribution < 1.29 is 13.6 Å². The number of nitrogens with zero attached hydrogens (tertiary/aromatic N) is 3. The topological polar surface area (TPSA) is 93.8 Å². The van der Waals surface area contributed by atoms with E-state index in [9.17, 15) is 13.6 Å². The van der Waals surface area contributed by atoms with E-state index in [1.54, 1.807) is 30.7 Å². The molecule has 0 aliphatic carbocycles. The molecule has 3 N–H and O–H groups in total. The first-order valence-corrected chi connectivity index (χ1v) is 10.1. The van der Waals surface area contributed by atoms with E-state index in [0.717, 1.165) is 33.1 Å². The van der Waals surface area contributed by atoms with Gasteiger partial charge in [-0.25, -0.2) is 18.7 Å². The third-order valence-electron chi connectivity index (χ3n) is 4.43. The van der Waals surface area contributed by atoms with Gasteiger partial charge in [0.1, 0.15) is 22.5 Å². The van der Waals surface area contributed by atoms with Crippen LogP contribution in [0.3, 0.4) is 0 Å². The lowest BCUT2D eigenvalue weighted by Gasteiger charge is -2.08. The van der Waals surface area contributed by atoms with Crippen molar-refractivity contribution in [2.75, 3.05) is 5.32 Å². The number of benzene rings is 1. The maximum Gasteiger partial charge on any atom is 0.259 e. The summed E-state index contributed by atoms with van der Waals surface area (Å²) in [6.07, 6.45) is 4.99. The van der Waals surface area contributed by atoms with Crippen LogP contribution in [0.15, 0.2) is 61.1 Å². The Morgan fingerprint density at radius 3 is 2.61 bits per heavy atom. The monoisotopic (exact) mass is 437 g/mol. The smallest absolute Gasteiger partial charge is 0.259 e. The fraction of sp³-hybridized carbons (Fsp3) is 0.0909. The van der Waals surface area contributed by atoms with Crippen molar-refractivity contribution in [1.29, 1.82) is 0 Å². The maximum absolute atomic E-state index is 13.8. The van der Waals surface area contributed by atoms with Crippen LogP contribution in [0.2, 0.25) is 0 Å². The maximum atomic E-state index is 13.8. The van der Waals surface area contributed by atoms with Crippen molar-refractivity contribution in [2.45, 2.75) is 13.0 Å². The number of amides is 1. The van der Waals surface area contributed by atoms with Crippen LogP contribution in [-0.2, 0) is 0 Å². The molecule has 3 heterocycles. The fourth-order valence-corrected chi connectivity index (χ4v) is 3.96. The van der Waals surface area contributed by atoms with Gasteiger partial charge in [0.2, 0.25) is 0 Å². The Balaban J connectivity index is 1.59. The highest BCUT2D eigenvalue weighted by atomic mass is 32.1. The third-order valence-corrected chi connectivity index (χ3v) is 5.74. The molecule has 1 atom stereocenters. The number of nitrogens with one attached hydrogen (secondary N) is 1. The molecule has 6 nitrogen and oxygen atoms in total. The Hall–Kier alpha value is -3.56. The van der Waals surface area contributed by atoms with Gasteiger partial charge in [-0.05, 0) is 43.3 Å². The van der Waals surface area contributed by atoms with Crippen LogP contribution in [0.5, 0.6) is 0 Å². The number of anilines is 1. The van der Waals surface area contributed by atoms with E-state index in [-0.39, 0.29) is 17.4 Å². The van der Waals surface area contributed by atoms with E-state index in [4.69, 9.17) is 10.7 Å². The van der Waals surface area contributed by atoms with Gasteiger partial charge in [0.05, 0.1) is 11.3 Å². The second kappa shape index (κ2) is 8.66. The molecule has 1 amide bonds. The van der Waals surface area contributed by atoms with Gasteiger partial charge in [0, 0.05) is 46.7 Å². The highest BCUT2D eigenvalue weighted by Gasteiger charge is 2.18. The van der Waals surface area contributed by atoms with Crippen molar-refractivity contribution in [3.63, 3.8) is 0 Å². The Bertz CT molecular complexity index is 1230. The van der Waals surface area contributed by atoms with Crippen molar-refractivity contribution >= 4 is 23.1 Å². The summed E-state index contributed by atoms with van der Waals surface area (Å²) in [6.45, 7) is 1.88. The zero-order chi connectivity index (χ0) is 22.0. The lowest BCUT2D eigenvalue weighted by atomic mass is 10.1. The van der Waals surface area contributed by atoms with Gasteiger partial charge in [-0.15, -0.1) is 11.3 Å². The van der Waals surface area contributed by atoms with Crippen LogP contribution < -0.4 is 11.1 Å². The highest BCUT2D eigenvalue weighted by molar-refractivity contribution is 7.15. The molecule has 0 aliphatic heterocycles. The van der Waals surface area contributed by atoms with Crippen molar-refractivity contribution in [3.8, 4) is 21.8 Å². The van der Waals surface area contributed by atoms with Crippen molar-refractivity contribution in [1.82, 2.24) is 15.0 Å². The predicted molar refractivity (Wildman–Crippen MR) is 115 cm³/mol. The number of thiazole rings is 1. The Morgan fingerprint density at radius 1 is 1.13 bits per heavy atom. The summed E-state index contributed by atoms with van der Waals surface area (Å²) in [4.78, 5) is 26.2. The van der Waals surface area contributed by atoms with Crippen LogP contribution >= 0.6 is 11.3 Å². The largest absolute Gasteiger partial charge is 0.323 e. The minimum atomic E-state index is -0.943. The number of carbonyl (C=O) groups is 1. The number of hydrogen-bond acceptors (Lipinski definition) is 6. The summed E-state index contributed by atoms with van der Waals surface area (Å²) in [5.74, 6) is -2.19. The zero-order valence-electron chi connectivity index (χ0n) is 16.3. The van der Waals surface area contributed by atoms with Crippen LogP contribution in [0, 0.1) is 11.6 Å². The second-order valence-electron chi connectivity index (χ2n) is 6.77. The molecule has 1 unspecified atom stereocenters. The normalized spacial score (nSPS) is 11.9. The number of pyridine rings is 2. The first kappa shape index (κ1) is 20.7. The molecule has 0 saturated carbocycles. The second-order valence-corrected chi connectivity index (χ2v) is 7.80. The molecule has 0 aliphatic rings. The average Bonchev–Trinajstić information content (AvgIpc) is 3.21. The molecule has 3 aromatic heterocycles. The lowest BCUT2D eigenvalue weighted by Crippen LogP contribution is -2.14. The summed E-state index contributed by atoms with van der Waals surface area (Å²) in [5, 5.41) is 3.29. The molecule has 31 heavy (non-hydrogen) atoms. The van der Waals surface area contributed by atoms with E-state index < -0.39 is 17.5 Å². The molecule has 4 aromatic rings. The summed E-state index contributed by atoms with van der Waals surface area (Å²) in [7, 11) is 0. The first-order chi connectivity index (χ1) is 14.9. The van der Waals surface area contributed by atoms with Gasteiger partial charge in [0.15, 0.2) is 0 Å². The highest BCUT2D eigenvalue weighted by Crippen LogP contribution is 2.36. The molecule has 1 aromatic carbocycles. The van der Waals surface area contributed by atoms with Crippen molar-refractivity contribution in [3.05, 3.63) is 83.1 Å². The Morgan fingerprint density at radius 2 is 1.97 bits per heavy atom. The van der Waals surface area contributed by atoms with E-state index in [1.807, 2.05) is 19.1 Å². The number of halogens is 2. The Kier molecular flexibility index (Phi) is 5.79. The van der Waals surface area contributed by atoms with Gasteiger partial charge in [-0.3, -0.25) is 9.78 Å². The number of hydrogen-bond donors (Lipinski definition) is 2. The number of aromatic nitrogens is 3. The molecule has 156 valence electrons. The Labute approximate surface area is 180 Å². The molecule has 0 radical (unpaired) electrons. The summed E-state index contributed by atoms with van der Waals surface area (Å²) in [6, 6.07) is 9.61. The third kappa shape index (κ3) is 4.47. The minimum Gasteiger partial charge on any atom is -0.323 e. The summed E-state index contributed by atoms with van der Waals surface area (Å²) in [5.41, 5.74) is 8.19. The van der Waals surface area contributed by atoms with Gasteiger partial charge >= 0.3 is 0 Å². The van der Waals surface area contributed by atoms with E-state index in [0.29, 0.717) is 11.8 Å². The van der Waals surface area contributed by atoms with Crippen LogP contribution in [0.4, 0.5) is 14.6 Å². The quantitative estimate of drug-likeness (QED) is 0.467. The van der Waals surface area contributed by atoms with Crippen LogP contribution in [-0.4, -0.2) is 20.9 Å². The lowest BCUT2D eigenvalue weighted by molar-refractivity contribution is 0.102. The van der Waals surface area contributed by atoms with Crippen molar-refractivity contribution in [2.24, 2.45) is 5.73 Å². The molecule has 0 bridgehead atoms. The molecular formula is C22H17F2N5OS. The fourth-order valence-electron chi connectivity index (χ4n) is 2.93. The summed E-state index contributed by atoms with van der Waals surface area (Å²) >= 11 is 1.48. The van der Waals surface area contributed by atoms with Gasteiger partial charge in [0.25, 0.3) is 5.91 Å². The van der Waals surface area contributed by atoms with Gasteiger partial charge in [-0.1, -0.05) is 0 Å².